The van der Waals surface area contributed by atoms with Gasteiger partial charge in [-0.25, -0.2) is 27.3 Å². The summed E-state index contributed by atoms with van der Waals surface area (Å²) >= 11 is 0. The second-order valence-electron chi connectivity index (χ2n) is 10.3. The summed E-state index contributed by atoms with van der Waals surface area (Å²) in [6, 6.07) is 1.64. The minimum Gasteiger partial charge on any atom is -0.382 e. The number of anilines is 1. The molecule has 2 aromatic rings. The molecule has 224 valence electrons. The second-order valence-corrected chi connectivity index (χ2v) is 10.3. The van der Waals surface area contributed by atoms with Crippen molar-refractivity contribution in [3.63, 3.8) is 0 Å². The average Bonchev–Trinajstić information content (AvgIpc) is 3.41. The van der Waals surface area contributed by atoms with Crippen LogP contribution < -0.4 is 16.0 Å². The summed E-state index contributed by atoms with van der Waals surface area (Å²) in [5.74, 6) is -7.80. The predicted molar refractivity (Wildman–Crippen MR) is 139 cm³/mol. The summed E-state index contributed by atoms with van der Waals surface area (Å²) < 4.78 is 62.6. The van der Waals surface area contributed by atoms with Gasteiger partial charge in [-0.2, -0.15) is 5.10 Å². The highest BCUT2D eigenvalue weighted by molar-refractivity contribution is 6.00. The van der Waals surface area contributed by atoms with Gasteiger partial charge in [-0.15, -0.1) is 0 Å². The molecule has 41 heavy (non-hydrogen) atoms. The first kappa shape index (κ1) is 30.2. The molecule has 1 saturated heterocycles. The molecule has 0 radical (unpaired) electrons. The van der Waals surface area contributed by atoms with Crippen LogP contribution >= 0.6 is 0 Å². The molecule has 11 nitrogen and oxygen atoms in total. The van der Waals surface area contributed by atoms with E-state index in [9.17, 15) is 31.9 Å². The van der Waals surface area contributed by atoms with E-state index in [1.807, 2.05) is 0 Å². The second kappa shape index (κ2) is 12.4. The molecule has 15 heteroatoms. The lowest BCUT2D eigenvalue weighted by Gasteiger charge is -2.38. The van der Waals surface area contributed by atoms with Crippen LogP contribution in [0, 0.1) is 5.92 Å². The first-order valence-corrected chi connectivity index (χ1v) is 13.3. The Morgan fingerprint density at radius 3 is 2.59 bits per heavy atom. The van der Waals surface area contributed by atoms with Gasteiger partial charge in [0, 0.05) is 38.9 Å². The van der Waals surface area contributed by atoms with Crippen molar-refractivity contribution in [1.82, 2.24) is 30.3 Å². The molecule has 0 bridgehead atoms. The van der Waals surface area contributed by atoms with Gasteiger partial charge >= 0.3 is 6.03 Å². The van der Waals surface area contributed by atoms with E-state index in [-0.39, 0.29) is 31.0 Å². The maximum atomic E-state index is 14.1. The molecule has 0 aromatic carbocycles. The number of alkyl halides is 4. The lowest BCUT2D eigenvalue weighted by molar-refractivity contribution is -0.121. The van der Waals surface area contributed by atoms with Crippen molar-refractivity contribution < 1.29 is 36.7 Å². The fourth-order valence-corrected chi connectivity index (χ4v) is 5.17. The number of halogens is 4. The number of nitrogens with zero attached hydrogens (tertiary/aromatic N) is 4. The Kier molecular flexibility index (Phi) is 9.14. The lowest BCUT2D eigenvalue weighted by atomic mass is 9.81. The zero-order valence-corrected chi connectivity index (χ0v) is 22.7. The van der Waals surface area contributed by atoms with Crippen molar-refractivity contribution >= 4 is 23.7 Å². The highest BCUT2D eigenvalue weighted by Crippen LogP contribution is 2.38. The number of pyridine rings is 1. The number of carbonyl (C=O) groups excluding carboxylic acids is 3. The maximum absolute atomic E-state index is 14.1. The molecule has 0 unspecified atom stereocenters. The third kappa shape index (κ3) is 7.31. The van der Waals surface area contributed by atoms with Crippen LogP contribution in [0.3, 0.4) is 0 Å². The van der Waals surface area contributed by atoms with Crippen molar-refractivity contribution in [1.29, 1.82) is 0 Å². The Morgan fingerprint density at radius 1 is 1.17 bits per heavy atom. The SMILES string of the molecule is CCn1nccc1C(=O)N[C@H](C(=O)Nc1cc([C@@H](COC)N2CC(F)(F)CNC2=O)ccn1)C1CCC(F)(F)CC1. The summed E-state index contributed by atoms with van der Waals surface area (Å²) in [4.78, 5) is 44.1. The van der Waals surface area contributed by atoms with Crippen molar-refractivity contribution in [2.45, 2.75) is 63.1 Å². The van der Waals surface area contributed by atoms with Crippen LogP contribution in [0.1, 0.15) is 54.7 Å². The van der Waals surface area contributed by atoms with Gasteiger partial charge in [0.05, 0.1) is 25.7 Å². The molecular formula is C26H33F4N7O4. The molecule has 3 N–H and O–H groups in total. The molecule has 1 saturated carbocycles. The molecule has 2 atom stereocenters. The fourth-order valence-electron chi connectivity index (χ4n) is 5.17. The minimum absolute atomic E-state index is 0.0140. The van der Waals surface area contributed by atoms with Crippen LogP contribution in [0.15, 0.2) is 30.6 Å². The fraction of sp³-hybridized carbons (Fsp3) is 0.577. The van der Waals surface area contributed by atoms with Crippen molar-refractivity contribution in [2.24, 2.45) is 5.92 Å². The van der Waals surface area contributed by atoms with E-state index < -0.39 is 73.6 Å². The average molecular weight is 584 g/mol. The van der Waals surface area contributed by atoms with E-state index in [1.165, 1.54) is 42.4 Å². The Labute approximate surface area is 234 Å². The summed E-state index contributed by atoms with van der Waals surface area (Å²) in [6.07, 6.45) is 1.97. The molecule has 2 fully saturated rings. The van der Waals surface area contributed by atoms with Crippen molar-refractivity contribution in [3.8, 4) is 0 Å². The van der Waals surface area contributed by atoms with Crippen LogP contribution in [0.4, 0.5) is 28.2 Å². The number of rotatable bonds is 10. The molecular weight excluding hydrogens is 550 g/mol. The van der Waals surface area contributed by atoms with Gasteiger partial charge in [-0.05, 0) is 49.4 Å². The summed E-state index contributed by atoms with van der Waals surface area (Å²) in [6.45, 7) is 0.482. The summed E-state index contributed by atoms with van der Waals surface area (Å²) in [5.41, 5.74) is 0.584. The van der Waals surface area contributed by atoms with Gasteiger partial charge in [0.15, 0.2) is 0 Å². The van der Waals surface area contributed by atoms with Gasteiger partial charge in [0.1, 0.15) is 17.6 Å². The van der Waals surface area contributed by atoms with Crippen LogP contribution in [0.5, 0.6) is 0 Å². The smallest absolute Gasteiger partial charge is 0.318 e. The molecule has 4 rings (SSSR count). The Balaban J connectivity index is 1.56. The lowest BCUT2D eigenvalue weighted by Crippen LogP contribution is -2.58. The highest BCUT2D eigenvalue weighted by atomic mass is 19.3. The Morgan fingerprint density at radius 2 is 1.90 bits per heavy atom. The number of hydrogen-bond donors (Lipinski definition) is 3. The first-order valence-electron chi connectivity index (χ1n) is 13.3. The first-order chi connectivity index (χ1) is 19.4. The number of hydrogen-bond acceptors (Lipinski definition) is 6. The quantitative estimate of drug-likeness (QED) is 0.369. The van der Waals surface area contributed by atoms with E-state index in [0.717, 1.165) is 4.90 Å². The number of urea groups is 1. The minimum atomic E-state index is -3.15. The van der Waals surface area contributed by atoms with Gasteiger partial charge in [0.25, 0.3) is 11.8 Å². The number of aryl methyl sites for hydroxylation is 1. The molecule has 0 spiro atoms. The van der Waals surface area contributed by atoms with E-state index >= 15 is 0 Å². The van der Waals surface area contributed by atoms with E-state index in [1.54, 1.807) is 6.92 Å². The topological polar surface area (TPSA) is 130 Å². The van der Waals surface area contributed by atoms with Crippen LogP contribution in [-0.2, 0) is 16.1 Å². The highest BCUT2D eigenvalue weighted by Gasteiger charge is 2.43. The standard InChI is InChI=1S/C26H33F4N7O4/c1-3-37-18(7-11-33-37)22(38)35-21(16-4-8-25(27,28)9-5-16)23(39)34-20-12-17(6-10-31-20)19(13-41-2)36-15-26(29,30)14-32-24(36)40/h6-7,10-12,16,19,21H,3-5,8-9,13-15H2,1-2H3,(H,32,40)(H,35,38)(H,31,34,39)/t19-,21+/m1/s1. The maximum Gasteiger partial charge on any atom is 0.318 e. The monoisotopic (exact) mass is 583 g/mol. The third-order valence-corrected chi connectivity index (χ3v) is 7.33. The predicted octanol–water partition coefficient (Wildman–Crippen LogP) is 3.21. The number of amides is 4. The van der Waals surface area contributed by atoms with Crippen molar-refractivity contribution in [2.75, 3.05) is 32.1 Å². The largest absolute Gasteiger partial charge is 0.382 e. The Hall–Kier alpha value is -3.75. The molecule has 3 heterocycles. The number of carbonyl (C=O) groups is 3. The Bertz CT molecular complexity index is 1250. The zero-order valence-electron chi connectivity index (χ0n) is 22.7. The van der Waals surface area contributed by atoms with E-state index in [0.29, 0.717) is 12.1 Å². The molecule has 2 aliphatic rings. The molecule has 1 aliphatic carbocycles. The summed E-state index contributed by atoms with van der Waals surface area (Å²) in [5, 5.41) is 11.5. The van der Waals surface area contributed by atoms with Crippen molar-refractivity contribution in [3.05, 3.63) is 41.9 Å². The van der Waals surface area contributed by atoms with Gasteiger partial charge in [0.2, 0.25) is 11.8 Å². The van der Waals surface area contributed by atoms with Crippen LogP contribution in [0.2, 0.25) is 0 Å². The number of nitrogens with one attached hydrogen (secondary N) is 3. The van der Waals surface area contributed by atoms with Gasteiger partial charge < -0.3 is 25.6 Å². The molecule has 1 aliphatic heterocycles. The van der Waals surface area contributed by atoms with Crippen LogP contribution in [0.25, 0.3) is 0 Å². The zero-order chi connectivity index (χ0) is 29.8. The normalized spacial score (nSPS) is 20.1. The van der Waals surface area contributed by atoms with Gasteiger partial charge in [-0.1, -0.05) is 0 Å². The van der Waals surface area contributed by atoms with E-state index in [2.05, 4.69) is 26.0 Å². The number of methoxy groups -OCH3 is 1. The van der Waals surface area contributed by atoms with Gasteiger partial charge in [-0.3, -0.25) is 14.3 Å². The van der Waals surface area contributed by atoms with E-state index in [4.69, 9.17) is 4.74 Å². The summed E-state index contributed by atoms with van der Waals surface area (Å²) in [7, 11) is 1.36. The third-order valence-electron chi connectivity index (χ3n) is 7.33. The van der Waals surface area contributed by atoms with Crippen LogP contribution in [-0.4, -0.2) is 82.2 Å². The number of aromatic nitrogens is 3. The molecule has 2 aromatic heterocycles. The number of ether oxygens (including phenoxy) is 1. The molecule has 4 amide bonds.